The Balaban J connectivity index is 1.50. The van der Waals surface area contributed by atoms with Crippen molar-refractivity contribution in [3.63, 3.8) is 0 Å². The molecule has 4 nitrogen and oxygen atoms in total. The van der Waals surface area contributed by atoms with Gasteiger partial charge in [-0.15, -0.1) is 0 Å². The number of amides is 1. The number of nitrogens with zero attached hydrogens (tertiary/aromatic N) is 2. The highest BCUT2D eigenvalue weighted by molar-refractivity contribution is 5.93. The highest BCUT2D eigenvalue weighted by Crippen LogP contribution is 2.22. The summed E-state index contributed by atoms with van der Waals surface area (Å²) in [4.78, 5) is 18.3. The van der Waals surface area contributed by atoms with E-state index in [-0.39, 0.29) is 5.91 Å². The fourth-order valence-electron chi connectivity index (χ4n) is 2.71. The van der Waals surface area contributed by atoms with Crippen LogP contribution in [0, 0.1) is 5.92 Å². The first-order chi connectivity index (χ1) is 10.3. The number of benzene rings is 1. The average Bonchev–Trinajstić information content (AvgIpc) is 3.03. The summed E-state index contributed by atoms with van der Waals surface area (Å²) >= 11 is 0. The molecule has 0 spiro atoms. The molecule has 1 aromatic heterocycles. The van der Waals surface area contributed by atoms with Gasteiger partial charge in [-0.3, -0.25) is 9.78 Å². The summed E-state index contributed by atoms with van der Waals surface area (Å²) < 4.78 is 0. The molecular formula is C17H19N3O. The summed E-state index contributed by atoms with van der Waals surface area (Å²) in [5, 5.41) is 3.01. The number of hydrogen-bond acceptors (Lipinski definition) is 3. The van der Waals surface area contributed by atoms with E-state index in [4.69, 9.17) is 0 Å². The maximum absolute atomic E-state index is 12.0. The number of pyridine rings is 1. The van der Waals surface area contributed by atoms with Crippen molar-refractivity contribution < 1.29 is 4.79 Å². The molecule has 1 atom stereocenters. The van der Waals surface area contributed by atoms with Gasteiger partial charge < -0.3 is 10.2 Å². The highest BCUT2D eigenvalue weighted by Gasteiger charge is 2.23. The maximum atomic E-state index is 12.0. The van der Waals surface area contributed by atoms with E-state index < -0.39 is 0 Å². The van der Waals surface area contributed by atoms with Crippen molar-refractivity contribution in [2.24, 2.45) is 5.92 Å². The lowest BCUT2D eigenvalue weighted by atomic mass is 10.1. The van der Waals surface area contributed by atoms with E-state index in [9.17, 15) is 4.79 Å². The van der Waals surface area contributed by atoms with Gasteiger partial charge in [0.05, 0.1) is 5.56 Å². The quantitative estimate of drug-likeness (QED) is 0.935. The van der Waals surface area contributed by atoms with Gasteiger partial charge in [-0.25, -0.2) is 0 Å². The third kappa shape index (κ3) is 3.40. The number of rotatable bonds is 4. The number of para-hydroxylation sites is 1. The molecule has 2 aromatic rings. The zero-order valence-corrected chi connectivity index (χ0v) is 11.9. The summed E-state index contributed by atoms with van der Waals surface area (Å²) in [5.41, 5.74) is 1.88. The Morgan fingerprint density at radius 2 is 2.10 bits per heavy atom. The second-order valence-corrected chi connectivity index (χ2v) is 5.39. The minimum atomic E-state index is -0.0405. The number of hydrogen-bond donors (Lipinski definition) is 1. The van der Waals surface area contributed by atoms with E-state index in [1.54, 1.807) is 24.5 Å². The van der Waals surface area contributed by atoms with E-state index >= 15 is 0 Å². The lowest BCUT2D eigenvalue weighted by Gasteiger charge is -2.18. The van der Waals surface area contributed by atoms with Crippen molar-refractivity contribution in [3.8, 4) is 0 Å². The number of carbonyl (C=O) groups is 1. The van der Waals surface area contributed by atoms with Gasteiger partial charge in [0, 0.05) is 37.7 Å². The molecule has 21 heavy (non-hydrogen) atoms. The number of anilines is 1. The van der Waals surface area contributed by atoms with Crippen LogP contribution in [0.25, 0.3) is 0 Å². The van der Waals surface area contributed by atoms with E-state index in [2.05, 4.69) is 39.5 Å². The Morgan fingerprint density at radius 1 is 1.24 bits per heavy atom. The topological polar surface area (TPSA) is 45.2 Å². The van der Waals surface area contributed by atoms with Crippen LogP contribution in [0.15, 0.2) is 54.9 Å². The molecule has 1 fully saturated rings. The molecule has 1 aromatic carbocycles. The molecule has 4 heteroatoms. The molecule has 3 rings (SSSR count). The van der Waals surface area contributed by atoms with E-state index in [0.29, 0.717) is 11.5 Å². The van der Waals surface area contributed by atoms with Crippen molar-refractivity contribution in [2.75, 3.05) is 24.5 Å². The predicted molar refractivity (Wildman–Crippen MR) is 83.3 cm³/mol. The van der Waals surface area contributed by atoms with Crippen LogP contribution in [0.3, 0.4) is 0 Å². The Morgan fingerprint density at radius 3 is 2.86 bits per heavy atom. The Labute approximate surface area is 124 Å². The second kappa shape index (κ2) is 6.39. The number of aromatic nitrogens is 1. The van der Waals surface area contributed by atoms with Crippen LogP contribution in [0.5, 0.6) is 0 Å². The summed E-state index contributed by atoms with van der Waals surface area (Å²) in [7, 11) is 0. The molecular weight excluding hydrogens is 262 g/mol. The van der Waals surface area contributed by atoms with Crippen LogP contribution < -0.4 is 10.2 Å². The van der Waals surface area contributed by atoms with Crippen molar-refractivity contribution in [1.29, 1.82) is 0 Å². The zero-order chi connectivity index (χ0) is 14.5. The fraction of sp³-hybridized carbons (Fsp3) is 0.294. The van der Waals surface area contributed by atoms with Gasteiger partial charge in [-0.05, 0) is 36.6 Å². The molecule has 108 valence electrons. The lowest BCUT2D eigenvalue weighted by Crippen LogP contribution is -2.31. The van der Waals surface area contributed by atoms with Crippen molar-refractivity contribution in [2.45, 2.75) is 6.42 Å². The van der Waals surface area contributed by atoms with Gasteiger partial charge in [0.2, 0.25) is 0 Å². The Bertz CT molecular complexity index is 585. The van der Waals surface area contributed by atoms with Crippen LogP contribution in [-0.4, -0.2) is 30.5 Å². The SMILES string of the molecule is O=C(NC[C@H]1CCN(c2ccccc2)C1)c1cccnc1. The van der Waals surface area contributed by atoms with E-state index in [0.717, 1.165) is 26.1 Å². The molecule has 1 amide bonds. The van der Waals surface area contributed by atoms with Gasteiger partial charge in [-0.2, -0.15) is 0 Å². The lowest BCUT2D eigenvalue weighted by molar-refractivity contribution is 0.0948. The largest absolute Gasteiger partial charge is 0.371 e. The second-order valence-electron chi connectivity index (χ2n) is 5.39. The molecule has 0 saturated carbocycles. The smallest absolute Gasteiger partial charge is 0.252 e. The van der Waals surface area contributed by atoms with Gasteiger partial charge in [0.25, 0.3) is 5.91 Å². The Hall–Kier alpha value is -2.36. The minimum Gasteiger partial charge on any atom is -0.371 e. The van der Waals surface area contributed by atoms with Gasteiger partial charge >= 0.3 is 0 Å². The summed E-state index contributed by atoms with van der Waals surface area (Å²) in [6, 6.07) is 14.0. The molecule has 1 aliphatic heterocycles. The van der Waals surface area contributed by atoms with Crippen LogP contribution in [0.2, 0.25) is 0 Å². The molecule has 1 N–H and O–H groups in total. The van der Waals surface area contributed by atoms with Gasteiger partial charge in [0.15, 0.2) is 0 Å². The third-order valence-electron chi connectivity index (χ3n) is 3.88. The monoisotopic (exact) mass is 281 g/mol. The molecule has 0 aliphatic carbocycles. The molecule has 0 bridgehead atoms. The van der Waals surface area contributed by atoms with Crippen LogP contribution >= 0.6 is 0 Å². The maximum Gasteiger partial charge on any atom is 0.252 e. The number of carbonyl (C=O) groups excluding carboxylic acids is 1. The van der Waals surface area contributed by atoms with Gasteiger partial charge in [-0.1, -0.05) is 18.2 Å². The fourth-order valence-corrected chi connectivity index (χ4v) is 2.71. The van der Waals surface area contributed by atoms with Crippen molar-refractivity contribution in [3.05, 3.63) is 60.4 Å². The minimum absolute atomic E-state index is 0.0405. The summed E-state index contributed by atoms with van der Waals surface area (Å²) in [5.74, 6) is 0.465. The number of nitrogens with one attached hydrogen (secondary N) is 1. The van der Waals surface area contributed by atoms with Crippen LogP contribution in [0.4, 0.5) is 5.69 Å². The standard InChI is InChI=1S/C17H19N3O/c21-17(15-5-4-9-18-12-15)19-11-14-8-10-20(13-14)16-6-2-1-3-7-16/h1-7,9,12,14H,8,10-11,13H2,(H,19,21)/t14-/m1/s1. The van der Waals surface area contributed by atoms with E-state index in [1.165, 1.54) is 5.69 Å². The van der Waals surface area contributed by atoms with Crippen molar-refractivity contribution >= 4 is 11.6 Å². The molecule has 1 aliphatic rings. The van der Waals surface area contributed by atoms with Crippen LogP contribution in [0.1, 0.15) is 16.8 Å². The van der Waals surface area contributed by atoms with Crippen molar-refractivity contribution in [1.82, 2.24) is 10.3 Å². The predicted octanol–water partition coefficient (Wildman–Crippen LogP) is 2.34. The normalized spacial score (nSPS) is 17.7. The molecule has 1 saturated heterocycles. The summed E-state index contributed by atoms with van der Waals surface area (Å²) in [6.45, 7) is 2.77. The Kier molecular flexibility index (Phi) is 4.15. The zero-order valence-electron chi connectivity index (χ0n) is 11.9. The summed E-state index contributed by atoms with van der Waals surface area (Å²) in [6.07, 6.45) is 4.38. The first-order valence-corrected chi connectivity index (χ1v) is 7.31. The molecule has 0 unspecified atom stereocenters. The van der Waals surface area contributed by atoms with Crippen LogP contribution in [-0.2, 0) is 0 Å². The first kappa shape index (κ1) is 13.6. The molecule has 0 radical (unpaired) electrons. The molecule has 2 heterocycles. The third-order valence-corrected chi connectivity index (χ3v) is 3.88. The average molecular weight is 281 g/mol. The first-order valence-electron chi connectivity index (χ1n) is 7.31. The van der Waals surface area contributed by atoms with E-state index in [1.807, 2.05) is 6.07 Å². The van der Waals surface area contributed by atoms with Gasteiger partial charge in [0.1, 0.15) is 0 Å². The highest BCUT2D eigenvalue weighted by atomic mass is 16.1.